The molecule has 1 atom stereocenters. The lowest BCUT2D eigenvalue weighted by Gasteiger charge is -2.30. The first-order valence-electron chi connectivity index (χ1n) is 12.4. The number of rotatable bonds is 6. The zero-order chi connectivity index (χ0) is 27.0. The number of para-hydroxylation sites is 1. The van der Waals surface area contributed by atoms with Gasteiger partial charge in [0.05, 0.1) is 39.7 Å². The molecule has 1 aliphatic heterocycles. The maximum absolute atomic E-state index is 13.7. The van der Waals surface area contributed by atoms with E-state index in [0.717, 1.165) is 16.6 Å². The van der Waals surface area contributed by atoms with Crippen molar-refractivity contribution in [3.05, 3.63) is 98.7 Å². The fraction of sp³-hybridized carbons (Fsp3) is 0.250. The summed E-state index contributed by atoms with van der Waals surface area (Å²) in [5.41, 5.74) is 0.979. The van der Waals surface area contributed by atoms with Crippen LogP contribution in [-0.2, 0) is 26.0 Å². The molecule has 38 heavy (non-hydrogen) atoms. The van der Waals surface area contributed by atoms with Crippen molar-refractivity contribution >= 4 is 32.6 Å². The van der Waals surface area contributed by atoms with Gasteiger partial charge in [0.25, 0.3) is 15.6 Å². The van der Waals surface area contributed by atoms with Gasteiger partial charge >= 0.3 is 11.7 Å². The lowest BCUT2D eigenvalue weighted by Crippen LogP contribution is -2.36. The Morgan fingerprint density at radius 3 is 2.61 bits per heavy atom. The smallest absolute Gasteiger partial charge is 0.333 e. The lowest BCUT2D eigenvalue weighted by molar-refractivity contribution is -0.144. The van der Waals surface area contributed by atoms with Crippen LogP contribution in [-0.4, -0.2) is 37.1 Å². The number of benzene rings is 3. The van der Waals surface area contributed by atoms with Crippen LogP contribution < -0.4 is 15.6 Å². The van der Waals surface area contributed by atoms with Gasteiger partial charge in [-0.05, 0) is 68.1 Å². The molecule has 0 fully saturated rings. The molecular weight excluding hydrogens is 506 g/mol. The number of carbonyl (C=O) groups excluding carboxylic acids is 1. The van der Waals surface area contributed by atoms with E-state index in [2.05, 4.69) is 4.98 Å². The lowest BCUT2D eigenvalue weighted by atomic mass is 9.97. The minimum absolute atomic E-state index is 0.0359. The molecule has 4 aromatic rings. The molecule has 10 heteroatoms. The zero-order valence-electron chi connectivity index (χ0n) is 21.0. The van der Waals surface area contributed by atoms with E-state index in [1.165, 1.54) is 28.6 Å². The van der Waals surface area contributed by atoms with E-state index in [4.69, 9.17) is 4.74 Å². The maximum atomic E-state index is 13.7. The van der Waals surface area contributed by atoms with E-state index in [1.54, 1.807) is 44.2 Å². The molecule has 0 radical (unpaired) electrons. The number of hydrogen-bond donors (Lipinski definition) is 1. The summed E-state index contributed by atoms with van der Waals surface area (Å²) in [5.74, 6) is -1.25. The number of hydrogen-bond acceptors (Lipinski definition) is 6. The highest BCUT2D eigenvalue weighted by Crippen LogP contribution is 2.32. The number of nitrogens with one attached hydrogen (secondary N) is 1. The molecule has 0 aliphatic carbocycles. The third-order valence-corrected chi connectivity index (χ3v) is 8.61. The third kappa shape index (κ3) is 4.30. The Hall–Kier alpha value is -4.18. The minimum Gasteiger partial charge on any atom is -0.466 e. The van der Waals surface area contributed by atoms with Gasteiger partial charge in [-0.1, -0.05) is 36.4 Å². The highest BCUT2D eigenvalue weighted by Gasteiger charge is 2.29. The van der Waals surface area contributed by atoms with E-state index in [-0.39, 0.29) is 28.1 Å². The quantitative estimate of drug-likeness (QED) is 0.379. The highest BCUT2D eigenvalue weighted by molar-refractivity contribution is 7.92. The summed E-state index contributed by atoms with van der Waals surface area (Å²) < 4.78 is 34.8. The molecule has 196 valence electrons. The molecule has 5 rings (SSSR count). The Balaban J connectivity index is 1.65. The van der Waals surface area contributed by atoms with Gasteiger partial charge in [0.2, 0.25) is 0 Å². The number of fused-ring (bicyclic) bond motifs is 2. The van der Waals surface area contributed by atoms with Crippen LogP contribution in [0.5, 0.6) is 0 Å². The predicted octanol–water partition coefficient (Wildman–Crippen LogP) is 3.49. The van der Waals surface area contributed by atoms with Crippen LogP contribution >= 0.6 is 0 Å². The number of nitrogens with zero attached hydrogens (tertiary/aromatic N) is 2. The number of sulfonamides is 1. The Morgan fingerprint density at radius 1 is 1.05 bits per heavy atom. The first-order chi connectivity index (χ1) is 18.2. The molecule has 1 aromatic heterocycles. The number of aromatic nitrogens is 2. The SMILES string of the molecule is CCOC(=O)C(C)c1cccc2[nH]c(=O)n(-c3cccc(S(=O)(=O)N4CCCc5ccccc54)c3)c(=O)c12. The molecule has 0 saturated carbocycles. The van der Waals surface area contributed by atoms with Gasteiger partial charge in [0, 0.05) is 6.54 Å². The number of aryl methyl sites for hydroxylation is 1. The van der Waals surface area contributed by atoms with Gasteiger partial charge in [0.1, 0.15) is 0 Å². The number of esters is 1. The van der Waals surface area contributed by atoms with Crippen molar-refractivity contribution in [1.29, 1.82) is 0 Å². The van der Waals surface area contributed by atoms with Crippen LogP contribution in [0.25, 0.3) is 16.6 Å². The van der Waals surface area contributed by atoms with E-state index >= 15 is 0 Å². The van der Waals surface area contributed by atoms with Gasteiger partial charge in [-0.2, -0.15) is 0 Å². The summed E-state index contributed by atoms with van der Waals surface area (Å²) in [6.45, 7) is 3.85. The fourth-order valence-corrected chi connectivity index (χ4v) is 6.52. The van der Waals surface area contributed by atoms with Crippen LogP contribution in [0, 0.1) is 0 Å². The molecule has 0 saturated heterocycles. The first-order valence-corrected chi connectivity index (χ1v) is 13.8. The van der Waals surface area contributed by atoms with E-state index in [0.29, 0.717) is 24.2 Å². The van der Waals surface area contributed by atoms with Crippen molar-refractivity contribution in [1.82, 2.24) is 9.55 Å². The number of aromatic amines is 1. The molecule has 1 unspecified atom stereocenters. The maximum Gasteiger partial charge on any atom is 0.333 e. The number of ether oxygens (including phenoxy) is 1. The van der Waals surface area contributed by atoms with Gasteiger partial charge in [0.15, 0.2) is 0 Å². The molecule has 3 aromatic carbocycles. The van der Waals surface area contributed by atoms with Gasteiger partial charge < -0.3 is 9.72 Å². The molecule has 0 spiro atoms. The van der Waals surface area contributed by atoms with Crippen LogP contribution in [0.3, 0.4) is 0 Å². The molecule has 1 aliphatic rings. The third-order valence-electron chi connectivity index (χ3n) is 6.80. The van der Waals surface area contributed by atoms with Crippen molar-refractivity contribution in [2.24, 2.45) is 0 Å². The monoisotopic (exact) mass is 533 g/mol. The van der Waals surface area contributed by atoms with E-state index < -0.39 is 33.2 Å². The average Bonchev–Trinajstić information content (AvgIpc) is 2.92. The molecule has 0 bridgehead atoms. The van der Waals surface area contributed by atoms with Crippen molar-refractivity contribution in [3.63, 3.8) is 0 Å². The van der Waals surface area contributed by atoms with Crippen LogP contribution in [0.2, 0.25) is 0 Å². The Labute approximate surface area is 219 Å². The highest BCUT2D eigenvalue weighted by atomic mass is 32.2. The summed E-state index contributed by atoms with van der Waals surface area (Å²) in [6, 6.07) is 18.0. The average molecular weight is 534 g/mol. The molecule has 1 N–H and O–H groups in total. The number of H-pyrrole nitrogens is 1. The summed E-state index contributed by atoms with van der Waals surface area (Å²) >= 11 is 0. The van der Waals surface area contributed by atoms with E-state index in [1.807, 2.05) is 12.1 Å². The largest absolute Gasteiger partial charge is 0.466 e. The number of anilines is 1. The van der Waals surface area contributed by atoms with Crippen molar-refractivity contribution in [2.45, 2.75) is 37.5 Å². The van der Waals surface area contributed by atoms with E-state index in [9.17, 15) is 22.8 Å². The Kier molecular flexibility index (Phi) is 6.66. The van der Waals surface area contributed by atoms with Gasteiger partial charge in [-0.3, -0.25) is 13.9 Å². The van der Waals surface area contributed by atoms with Crippen molar-refractivity contribution in [2.75, 3.05) is 17.5 Å². The van der Waals surface area contributed by atoms with Crippen molar-refractivity contribution < 1.29 is 17.9 Å². The summed E-state index contributed by atoms with van der Waals surface area (Å²) in [5, 5.41) is 0.158. The zero-order valence-corrected chi connectivity index (χ0v) is 21.8. The fourth-order valence-electron chi connectivity index (χ4n) is 4.94. The summed E-state index contributed by atoms with van der Waals surface area (Å²) in [7, 11) is -3.97. The summed E-state index contributed by atoms with van der Waals surface area (Å²) in [4.78, 5) is 41.9. The standard InChI is InChI=1S/C28H27N3O6S/c1-3-37-27(33)18(2)22-13-7-14-23-25(22)26(32)31(28(34)29-23)20-11-6-12-21(17-20)38(35,36)30-16-8-10-19-9-4-5-15-24(19)30/h4-7,9,11-15,17-18H,3,8,10,16H2,1-2H3,(H,29,34). The molecule has 9 nitrogen and oxygen atoms in total. The Morgan fingerprint density at radius 2 is 1.82 bits per heavy atom. The van der Waals surface area contributed by atoms with Crippen LogP contribution in [0.4, 0.5) is 5.69 Å². The molecular formula is C28H27N3O6S. The minimum atomic E-state index is -3.97. The second-order valence-electron chi connectivity index (χ2n) is 9.12. The molecule has 2 heterocycles. The number of carbonyl (C=O) groups is 1. The van der Waals surface area contributed by atoms with Gasteiger partial charge in [-0.15, -0.1) is 0 Å². The predicted molar refractivity (Wildman–Crippen MR) is 145 cm³/mol. The van der Waals surface area contributed by atoms with Gasteiger partial charge in [-0.25, -0.2) is 17.8 Å². The second kappa shape index (κ2) is 9.94. The topological polar surface area (TPSA) is 119 Å². The first kappa shape index (κ1) is 25.5. The van der Waals surface area contributed by atoms with Crippen LogP contribution in [0.1, 0.15) is 37.3 Å². The molecule has 0 amide bonds. The Bertz CT molecular complexity index is 1770. The normalized spacial score (nSPS) is 14.2. The van der Waals surface area contributed by atoms with Crippen molar-refractivity contribution in [3.8, 4) is 5.69 Å². The summed E-state index contributed by atoms with van der Waals surface area (Å²) in [6.07, 6.45) is 1.47. The second-order valence-corrected chi connectivity index (χ2v) is 11.0. The van der Waals surface area contributed by atoms with Crippen LogP contribution in [0.15, 0.2) is 81.2 Å².